The Morgan fingerprint density at radius 2 is 2.20 bits per heavy atom. The molecule has 0 bridgehead atoms. The van der Waals surface area contributed by atoms with E-state index in [0.29, 0.717) is 12.2 Å². The van der Waals surface area contributed by atoms with Crippen LogP contribution in [-0.2, 0) is 4.79 Å². The molecule has 0 spiro atoms. The van der Waals surface area contributed by atoms with Crippen LogP contribution in [0, 0.1) is 5.41 Å². The van der Waals surface area contributed by atoms with E-state index in [9.17, 15) is 9.59 Å². The van der Waals surface area contributed by atoms with E-state index in [1.54, 1.807) is 6.07 Å². The molecule has 3 N–H and O–H groups in total. The van der Waals surface area contributed by atoms with Gasteiger partial charge in [0.25, 0.3) is 0 Å². The number of benzene rings is 1. The summed E-state index contributed by atoms with van der Waals surface area (Å²) in [4.78, 5) is 23.2. The van der Waals surface area contributed by atoms with Crippen LogP contribution in [0.25, 0.3) is 0 Å². The minimum atomic E-state index is -1.06. The molecule has 1 aromatic rings. The molecule has 0 saturated carbocycles. The van der Waals surface area contributed by atoms with E-state index in [2.05, 4.69) is 10.6 Å². The maximum absolute atomic E-state index is 12.2. The van der Waals surface area contributed by atoms with Crippen LogP contribution in [-0.4, -0.2) is 37.2 Å². The lowest BCUT2D eigenvalue weighted by atomic mass is 9.88. The number of methoxy groups -OCH3 is 1. The first-order valence-corrected chi connectivity index (χ1v) is 6.40. The van der Waals surface area contributed by atoms with Crippen LogP contribution in [0.1, 0.15) is 23.7 Å². The van der Waals surface area contributed by atoms with Gasteiger partial charge in [-0.1, -0.05) is 0 Å². The lowest BCUT2D eigenvalue weighted by molar-refractivity contribution is -0.123. The largest absolute Gasteiger partial charge is 0.496 e. The molecule has 1 aromatic carbocycles. The van der Waals surface area contributed by atoms with Crippen LogP contribution < -0.4 is 15.4 Å². The molecule has 6 nitrogen and oxygen atoms in total. The van der Waals surface area contributed by atoms with Crippen molar-refractivity contribution in [1.29, 1.82) is 0 Å². The highest BCUT2D eigenvalue weighted by molar-refractivity contribution is 5.97. The standard InChI is InChI=1S/C14H18N2O4/c1-14(5-6-15-8-14)13(19)16-9-3-4-10(12(17)18)11(7-9)20-2/h3-4,7,15H,5-6,8H2,1-2H3,(H,16,19)(H,17,18). The fourth-order valence-corrected chi connectivity index (χ4v) is 2.24. The zero-order chi connectivity index (χ0) is 14.8. The third-order valence-electron chi connectivity index (χ3n) is 3.61. The number of hydrogen-bond donors (Lipinski definition) is 3. The lowest BCUT2D eigenvalue weighted by Crippen LogP contribution is -2.35. The maximum atomic E-state index is 12.2. The molecule has 1 fully saturated rings. The third-order valence-corrected chi connectivity index (χ3v) is 3.61. The number of carboxylic acid groups (broad SMARTS) is 1. The Morgan fingerprint density at radius 1 is 1.45 bits per heavy atom. The molecule has 1 unspecified atom stereocenters. The number of ether oxygens (including phenoxy) is 1. The van der Waals surface area contributed by atoms with Crippen LogP contribution in [0.5, 0.6) is 5.75 Å². The molecule has 6 heteroatoms. The number of carbonyl (C=O) groups excluding carboxylic acids is 1. The maximum Gasteiger partial charge on any atom is 0.339 e. The topological polar surface area (TPSA) is 87.7 Å². The minimum absolute atomic E-state index is 0.0687. The molecule has 0 aromatic heterocycles. The molecule has 1 saturated heterocycles. The number of carbonyl (C=O) groups is 2. The Bertz CT molecular complexity index is 536. The molecule has 1 heterocycles. The van der Waals surface area contributed by atoms with Gasteiger partial charge in [-0.15, -0.1) is 0 Å². The zero-order valence-electron chi connectivity index (χ0n) is 11.5. The third kappa shape index (κ3) is 2.75. The van der Waals surface area contributed by atoms with Gasteiger partial charge in [0, 0.05) is 18.3 Å². The second-order valence-electron chi connectivity index (χ2n) is 5.16. The molecule has 1 aliphatic heterocycles. The van der Waals surface area contributed by atoms with Crippen molar-refractivity contribution in [2.24, 2.45) is 5.41 Å². The number of hydrogen-bond acceptors (Lipinski definition) is 4. The van der Waals surface area contributed by atoms with Crippen molar-refractivity contribution in [3.8, 4) is 5.75 Å². The van der Waals surface area contributed by atoms with E-state index < -0.39 is 11.4 Å². The van der Waals surface area contributed by atoms with Crippen LogP contribution in [0.15, 0.2) is 18.2 Å². The highest BCUT2D eigenvalue weighted by atomic mass is 16.5. The minimum Gasteiger partial charge on any atom is -0.496 e. The van der Waals surface area contributed by atoms with Gasteiger partial charge >= 0.3 is 5.97 Å². The lowest BCUT2D eigenvalue weighted by Gasteiger charge is -2.21. The molecule has 0 aliphatic carbocycles. The molecule has 1 amide bonds. The van der Waals surface area contributed by atoms with Gasteiger partial charge in [-0.2, -0.15) is 0 Å². The van der Waals surface area contributed by atoms with Gasteiger partial charge in [-0.3, -0.25) is 4.79 Å². The Kier molecular flexibility index (Phi) is 3.94. The van der Waals surface area contributed by atoms with Crippen molar-refractivity contribution in [2.75, 3.05) is 25.5 Å². The normalized spacial score (nSPS) is 21.5. The monoisotopic (exact) mass is 278 g/mol. The highest BCUT2D eigenvalue weighted by Crippen LogP contribution is 2.28. The predicted octanol–water partition coefficient (Wildman–Crippen LogP) is 1.33. The molecule has 108 valence electrons. The van der Waals surface area contributed by atoms with Crippen molar-refractivity contribution in [3.05, 3.63) is 23.8 Å². The Hall–Kier alpha value is -2.08. The van der Waals surface area contributed by atoms with E-state index in [1.807, 2.05) is 6.92 Å². The van der Waals surface area contributed by atoms with Gasteiger partial charge in [0.1, 0.15) is 11.3 Å². The summed E-state index contributed by atoms with van der Waals surface area (Å²) in [6, 6.07) is 4.51. The summed E-state index contributed by atoms with van der Waals surface area (Å²) in [5, 5.41) is 15.0. The first kappa shape index (κ1) is 14.3. The SMILES string of the molecule is COc1cc(NC(=O)C2(C)CCNC2)ccc1C(=O)O. The van der Waals surface area contributed by atoms with Gasteiger partial charge in [-0.25, -0.2) is 4.79 Å². The number of rotatable bonds is 4. The number of aromatic carboxylic acids is 1. The molecular formula is C14H18N2O4. The van der Waals surface area contributed by atoms with E-state index >= 15 is 0 Å². The number of anilines is 1. The van der Waals surface area contributed by atoms with Crippen molar-refractivity contribution < 1.29 is 19.4 Å². The molecule has 0 radical (unpaired) electrons. The summed E-state index contributed by atoms with van der Waals surface area (Å²) in [7, 11) is 1.40. The second-order valence-corrected chi connectivity index (χ2v) is 5.16. The first-order chi connectivity index (χ1) is 9.46. The second kappa shape index (κ2) is 5.50. The zero-order valence-corrected chi connectivity index (χ0v) is 11.5. The summed E-state index contributed by atoms with van der Waals surface area (Å²) in [5.74, 6) is -0.913. The van der Waals surface area contributed by atoms with E-state index in [0.717, 1.165) is 13.0 Å². The van der Waals surface area contributed by atoms with E-state index in [1.165, 1.54) is 19.2 Å². The number of nitrogens with one attached hydrogen (secondary N) is 2. The molecule has 1 aliphatic rings. The first-order valence-electron chi connectivity index (χ1n) is 6.40. The average Bonchev–Trinajstić information content (AvgIpc) is 2.86. The van der Waals surface area contributed by atoms with Crippen molar-refractivity contribution in [3.63, 3.8) is 0 Å². The fourth-order valence-electron chi connectivity index (χ4n) is 2.24. The quantitative estimate of drug-likeness (QED) is 0.773. The number of carboxylic acids is 1. The van der Waals surface area contributed by atoms with E-state index in [4.69, 9.17) is 9.84 Å². The van der Waals surface area contributed by atoms with Crippen molar-refractivity contribution in [1.82, 2.24) is 5.32 Å². The van der Waals surface area contributed by atoms with E-state index in [-0.39, 0.29) is 17.2 Å². The predicted molar refractivity (Wildman–Crippen MR) is 74.2 cm³/mol. The Labute approximate surface area is 117 Å². The summed E-state index contributed by atoms with van der Waals surface area (Å²) in [5.41, 5.74) is 0.169. The summed E-state index contributed by atoms with van der Waals surface area (Å²) >= 11 is 0. The molecule has 20 heavy (non-hydrogen) atoms. The molecule has 1 atom stereocenters. The van der Waals surface area contributed by atoms with Gasteiger partial charge in [0.05, 0.1) is 12.5 Å². The van der Waals surface area contributed by atoms with Gasteiger partial charge < -0.3 is 20.5 Å². The summed E-state index contributed by atoms with van der Waals surface area (Å²) < 4.78 is 5.04. The smallest absolute Gasteiger partial charge is 0.339 e. The average molecular weight is 278 g/mol. The van der Waals surface area contributed by atoms with Crippen LogP contribution in [0.4, 0.5) is 5.69 Å². The molecule has 2 rings (SSSR count). The van der Waals surface area contributed by atoms with Crippen LogP contribution in [0.2, 0.25) is 0 Å². The van der Waals surface area contributed by atoms with Gasteiger partial charge in [0.15, 0.2) is 0 Å². The van der Waals surface area contributed by atoms with Crippen molar-refractivity contribution in [2.45, 2.75) is 13.3 Å². The van der Waals surface area contributed by atoms with Crippen LogP contribution in [0.3, 0.4) is 0 Å². The molecular weight excluding hydrogens is 260 g/mol. The number of amides is 1. The summed E-state index contributed by atoms with van der Waals surface area (Å²) in [6.07, 6.45) is 0.781. The van der Waals surface area contributed by atoms with Gasteiger partial charge in [0.2, 0.25) is 5.91 Å². The Morgan fingerprint density at radius 3 is 2.75 bits per heavy atom. The fraction of sp³-hybridized carbons (Fsp3) is 0.429. The van der Waals surface area contributed by atoms with Crippen molar-refractivity contribution >= 4 is 17.6 Å². The van der Waals surface area contributed by atoms with Gasteiger partial charge in [-0.05, 0) is 32.0 Å². The Balaban J connectivity index is 2.18. The highest BCUT2D eigenvalue weighted by Gasteiger charge is 2.36. The van der Waals surface area contributed by atoms with Crippen LogP contribution >= 0.6 is 0 Å². The summed E-state index contributed by atoms with van der Waals surface area (Å²) in [6.45, 7) is 3.37.